The number of phenols is 2. The van der Waals surface area contributed by atoms with Gasteiger partial charge in [-0.3, -0.25) is 29.3 Å². The number of hydrogen-bond acceptors (Lipinski definition) is 20. The van der Waals surface area contributed by atoms with E-state index in [0.717, 1.165) is 28.5 Å². The number of fused-ring (bicyclic) bond motifs is 3. The lowest BCUT2D eigenvalue weighted by Gasteiger charge is -2.44. The molecule has 3 aliphatic heterocycles. The summed E-state index contributed by atoms with van der Waals surface area (Å²) in [6.07, 6.45) is 9.75. The number of aromatic nitrogens is 12. The second-order valence-electron chi connectivity index (χ2n) is 34.7. The van der Waals surface area contributed by atoms with Gasteiger partial charge in [0.15, 0.2) is 16.9 Å². The van der Waals surface area contributed by atoms with Gasteiger partial charge in [0.05, 0.1) is 88.0 Å². The Hall–Kier alpha value is -12.7. The number of phenolic OH excluding ortho intramolecular Hbond substituents is 2. The van der Waals surface area contributed by atoms with Crippen molar-refractivity contribution in [1.29, 1.82) is 0 Å². The van der Waals surface area contributed by atoms with Crippen molar-refractivity contribution in [3.8, 4) is 62.3 Å². The van der Waals surface area contributed by atoms with E-state index in [-0.39, 0.29) is 155 Å². The lowest BCUT2D eigenvalue weighted by Crippen LogP contribution is -2.58. The first-order valence-corrected chi connectivity index (χ1v) is 44.6. The summed E-state index contributed by atoms with van der Waals surface area (Å²) in [5.74, 6) is -1.70. The first-order chi connectivity index (χ1) is 61.7. The number of anilines is 3. The highest BCUT2D eigenvalue weighted by Crippen LogP contribution is 2.44. The molecule has 12 aromatic rings. The van der Waals surface area contributed by atoms with Gasteiger partial charge in [-0.25, -0.2) is 56.2 Å². The zero-order valence-electron chi connectivity index (χ0n) is 75.8. The van der Waals surface area contributed by atoms with Crippen LogP contribution in [0.1, 0.15) is 181 Å². The van der Waals surface area contributed by atoms with Crippen LogP contribution in [0.2, 0.25) is 15.1 Å². The molecule has 0 spiro atoms. The van der Waals surface area contributed by atoms with Gasteiger partial charge in [0.1, 0.15) is 46.4 Å². The van der Waals surface area contributed by atoms with Crippen molar-refractivity contribution >= 4 is 103 Å². The molecule has 130 heavy (non-hydrogen) atoms. The Balaban J connectivity index is 0.000000166. The number of amides is 3. The highest BCUT2D eigenvalue weighted by Gasteiger charge is 2.40. The van der Waals surface area contributed by atoms with E-state index in [1.807, 2.05) is 151 Å². The molecule has 0 bridgehead atoms. The summed E-state index contributed by atoms with van der Waals surface area (Å²) in [4.78, 5) is 134. The van der Waals surface area contributed by atoms with E-state index in [1.165, 1.54) is 68.3 Å². The SMILES string of the molecule is C=CC(=O)N1CC(C)N(c2nc(=O)n(-c3c(C(C)C)ccnc3C(C)C)c3nc(-c4c(O)cccc4F)c(Cl)cc23)CC1C.C=CC(=O)N1CC(C)N(c2nc(=O)n(-c3c(C(C)C)ccnc3C(C)C)c3nc(-c4cc(O)ccc4F)c(Cl)cc23)CC1C.C=CC(=O)N1CC(C)N(c2nc(=O)n(-c3c(CC)ccnc3C(C)C)c3nc(-c4ccccc4F)c(Cl)cc23)CC1C. The molecule has 3 aliphatic rings. The minimum Gasteiger partial charge on any atom is -0.508 e. The molecule has 6 unspecified atom stereocenters. The normalized spacial score (nSPS) is 17.2. The van der Waals surface area contributed by atoms with Gasteiger partial charge in [-0.05, 0) is 191 Å². The van der Waals surface area contributed by atoms with Crippen molar-refractivity contribution in [1.82, 2.24) is 73.3 Å². The van der Waals surface area contributed by atoms with Gasteiger partial charge in [-0.15, -0.1) is 0 Å². The average molecular weight is 1830 g/mol. The van der Waals surface area contributed by atoms with Crippen LogP contribution >= 0.6 is 34.8 Å². The third kappa shape index (κ3) is 18.2. The van der Waals surface area contributed by atoms with Gasteiger partial charge >= 0.3 is 17.1 Å². The largest absolute Gasteiger partial charge is 0.508 e. The lowest BCUT2D eigenvalue weighted by molar-refractivity contribution is -0.129. The molecule has 12 heterocycles. The van der Waals surface area contributed by atoms with Gasteiger partial charge in [-0.1, -0.05) is 149 Å². The van der Waals surface area contributed by atoms with E-state index in [1.54, 1.807) is 69.7 Å². The summed E-state index contributed by atoms with van der Waals surface area (Å²) in [5, 5.41) is 22.7. The molecule has 0 radical (unpaired) electrons. The smallest absolute Gasteiger partial charge is 0.355 e. The first-order valence-electron chi connectivity index (χ1n) is 43.4. The van der Waals surface area contributed by atoms with Crippen molar-refractivity contribution in [2.75, 3.05) is 54.0 Å². The van der Waals surface area contributed by atoms with Crippen LogP contribution in [0, 0.1) is 17.5 Å². The molecule has 3 saturated heterocycles. The summed E-state index contributed by atoms with van der Waals surface area (Å²) in [6, 6.07) is 23.3. The predicted octanol–water partition coefficient (Wildman–Crippen LogP) is 18.3. The highest BCUT2D eigenvalue weighted by molar-refractivity contribution is 6.35. The van der Waals surface area contributed by atoms with Crippen molar-refractivity contribution in [2.24, 2.45) is 0 Å². The summed E-state index contributed by atoms with van der Waals surface area (Å²) in [5.41, 5.74) is 5.89. The molecule has 0 aliphatic carbocycles. The molecule has 3 aromatic carbocycles. The monoisotopic (exact) mass is 1820 g/mol. The average Bonchev–Trinajstić information content (AvgIpc) is 0.734. The standard InChI is InChI=1S/2C33H36ClFN6O3.C32H34ClFN6O2/c1-8-27(43)39-15-20(7)40(16-19(39)6)31-24-14-25(34)29(23-13-21(42)9-10-26(23)35)37-32(24)41(33(44)38-31)30-22(17(2)3)11-12-36-28(30)18(4)5;1-8-26(43)39-15-20(7)40(16-19(39)6)31-22-14-23(34)29(27-24(35)10-9-11-25(27)42)37-32(22)41(33(44)38-31)30-21(17(2)3)12-13-36-28(30)18(4)5;1-7-21-13-14-35-27(18(3)4)29(21)40-31-23(15-24(33)28(36-31)22-11-9-10-12-25(22)34)30(37-32(40)42)39-17-19(5)38(16-20(39)6)26(41)8-2/h2*8-14,17-20,42H,1,15-16H2,2-7H3;8-15,18-20H,2,7,16-17H2,1,3-6H3. The Morgan fingerprint density at radius 3 is 1.15 bits per heavy atom. The van der Waals surface area contributed by atoms with E-state index >= 15 is 13.2 Å². The fourth-order valence-electron chi connectivity index (χ4n) is 17.5. The number of pyridine rings is 6. The zero-order valence-corrected chi connectivity index (χ0v) is 78.1. The Morgan fingerprint density at radius 2 is 0.777 bits per heavy atom. The fourth-order valence-corrected chi connectivity index (χ4v) is 18.2. The fraction of sp³-hybridized carbons (Fsp3) is 0.357. The second-order valence-corrected chi connectivity index (χ2v) is 36.0. The topological polar surface area (TPSA) is 293 Å². The summed E-state index contributed by atoms with van der Waals surface area (Å²) in [7, 11) is 0. The van der Waals surface area contributed by atoms with E-state index in [9.17, 15) is 39.0 Å². The minimum atomic E-state index is -0.709. The number of carbonyl (C=O) groups is 3. The van der Waals surface area contributed by atoms with Crippen LogP contribution in [0.5, 0.6) is 11.5 Å². The number of carbonyl (C=O) groups excluding carboxylic acids is 3. The number of piperazine rings is 3. The Morgan fingerprint density at radius 1 is 0.423 bits per heavy atom. The number of aryl methyl sites for hydroxylation is 1. The molecule has 2 N–H and O–H groups in total. The summed E-state index contributed by atoms with van der Waals surface area (Å²) >= 11 is 20.4. The number of halogens is 6. The maximum atomic E-state index is 15.2. The van der Waals surface area contributed by atoms with Crippen LogP contribution < -0.4 is 31.8 Å². The Bertz CT molecular complexity index is 6610. The van der Waals surface area contributed by atoms with Crippen molar-refractivity contribution in [3.05, 3.63) is 251 Å². The molecular weight excluding hydrogens is 1720 g/mol. The highest BCUT2D eigenvalue weighted by atomic mass is 35.5. The van der Waals surface area contributed by atoms with Gasteiger partial charge in [0, 0.05) is 105 Å². The van der Waals surface area contributed by atoms with Crippen LogP contribution in [0.4, 0.5) is 30.6 Å². The van der Waals surface area contributed by atoms with Gasteiger partial charge in [-0.2, -0.15) is 15.0 Å². The van der Waals surface area contributed by atoms with E-state index in [0.29, 0.717) is 113 Å². The molecule has 32 heteroatoms. The summed E-state index contributed by atoms with van der Waals surface area (Å²) in [6.45, 7) is 47.1. The molecule has 0 saturated carbocycles. The molecule has 3 amide bonds. The molecule has 6 atom stereocenters. The number of hydrogen-bond donors (Lipinski definition) is 2. The van der Waals surface area contributed by atoms with Crippen LogP contribution in [0.15, 0.2) is 168 Å². The maximum absolute atomic E-state index is 15.2. The lowest BCUT2D eigenvalue weighted by atomic mass is 9.97. The number of rotatable bonds is 18. The van der Waals surface area contributed by atoms with Crippen LogP contribution in [0.25, 0.3) is 83.9 Å². The third-order valence-electron chi connectivity index (χ3n) is 24.1. The maximum Gasteiger partial charge on any atom is 0.355 e. The van der Waals surface area contributed by atoms with E-state index in [4.69, 9.17) is 49.8 Å². The molecule has 3 fully saturated rings. The first kappa shape index (κ1) is 94.9. The van der Waals surface area contributed by atoms with Crippen LogP contribution in [-0.2, 0) is 20.8 Å². The Labute approximate surface area is 767 Å². The van der Waals surface area contributed by atoms with Crippen molar-refractivity contribution in [2.45, 2.75) is 190 Å². The molecule has 9 aromatic heterocycles. The Kier molecular flexibility index (Phi) is 28.4. The quantitative estimate of drug-likeness (QED) is 0.0754. The third-order valence-corrected chi connectivity index (χ3v) is 24.9. The summed E-state index contributed by atoms with van der Waals surface area (Å²) < 4.78 is 49.7. The zero-order chi connectivity index (χ0) is 94.4. The van der Waals surface area contributed by atoms with Gasteiger partial charge < -0.3 is 39.6 Å². The van der Waals surface area contributed by atoms with Crippen LogP contribution in [-0.4, -0.2) is 177 Å². The van der Waals surface area contributed by atoms with Gasteiger partial charge in [0.2, 0.25) is 17.7 Å². The number of aromatic hydroxyl groups is 2. The molecule has 678 valence electrons. The molecule has 26 nitrogen and oxygen atoms in total. The van der Waals surface area contributed by atoms with Crippen molar-refractivity contribution in [3.63, 3.8) is 0 Å². The van der Waals surface area contributed by atoms with E-state index in [2.05, 4.69) is 49.6 Å². The number of nitrogens with zero attached hydrogens (tertiary/aromatic N) is 18. The number of benzene rings is 3. The van der Waals surface area contributed by atoms with Crippen molar-refractivity contribution < 1.29 is 37.8 Å². The second kappa shape index (κ2) is 38.9. The molecular formula is C98H106Cl3F3N18O8. The minimum absolute atomic E-state index is 0.00260. The van der Waals surface area contributed by atoms with Crippen LogP contribution in [0.3, 0.4) is 0 Å². The van der Waals surface area contributed by atoms with E-state index < -0.39 is 34.5 Å². The molecule has 15 rings (SSSR count). The van der Waals surface area contributed by atoms with Gasteiger partial charge in [0.25, 0.3) is 0 Å². The predicted molar refractivity (Wildman–Crippen MR) is 508 cm³/mol.